The van der Waals surface area contributed by atoms with Crippen molar-refractivity contribution < 1.29 is 4.42 Å². The van der Waals surface area contributed by atoms with Crippen LogP contribution in [0, 0.1) is 0 Å². The fraction of sp³-hybridized carbons (Fsp3) is 0. The van der Waals surface area contributed by atoms with Crippen LogP contribution in [0.5, 0.6) is 0 Å². The average molecular weight is 747 g/mol. The first-order valence-corrected chi connectivity index (χ1v) is 19.8. The maximum Gasteiger partial charge on any atom is 0.164 e. The van der Waals surface area contributed by atoms with E-state index in [1.165, 1.54) is 42.0 Å². The summed E-state index contributed by atoms with van der Waals surface area (Å²) >= 11 is 1.87. The molecule has 5 nitrogen and oxygen atoms in total. The summed E-state index contributed by atoms with van der Waals surface area (Å²) in [6.07, 6.45) is 0. The number of benzene rings is 8. The number of rotatable bonds is 5. The van der Waals surface area contributed by atoms with Crippen LogP contribution in [0.1, 0.15) is 0 Å². The highest BCUT2D eigenvalue weighted by Gasteiger charge is 2.19. The van der Waals surface area contributed by atoms with E-state index in [4.69, 9.17) is 19.4 Å². The number of fused-ring (bicyclic) bond motifs is 10. The van der Waals surface area contributed by atoms with Crippen molar-refractivity contribution in [3.8, 4) is 51.0 Å². The van der Waals surface area contributed by atoms with Crippen LogP contribution >= 0.6 is 11.3 Å². The monoisotopic (exact) mass is 746 g/mol. The molecule has 6 heteroatoms. The molecule has 0 radical (unpaired) electrons. The average Bonchev–Trinajstić information content (AvgIpc) is 3.96. The van der Waals surface area contributed by atoms with Crippen LogP contribution in [-0.4, -0.2) is 19.5 Å². The molecule has 0 saturated carbocycles. The summed E-state index contributed by atoms with van der Waals surface area (Å²) in [5, 5.41) is 7.31. The Morgan fingerprint density at radius 2 is 1.04 bits per heavy atom. The maximum atomic E-state index is 6.48. The van der Waals surface area contributed by atoms with Crippen LogP contribution in [-0.2, 0) is 0 Å². The zero-order valence-electron chi connectivity index (χ0n) is 30.4. The number of hydrogen-bond acceptors (Lipinski definition) is 5. The van der Waals surface area contributed by atoms with Gasteiger partial charge in [-0.1, -0.05) is 121 Å². The minimum atomic E-state index is 0.586. The predicted molar refractivity (Wildman–Crippen MR) is 236 cm³/mol. The van der Waals surface area contributed by atoms with E-state index in [1.54, 1.807) is 0 Å². The first-order chi connectivity index (χ1) is 28.2. The van der Waals surface area contributed by atoms with Gasteiger partial charge in [-0.05, 0) is 71.8 Å². The molecule has 4 heterocycles. The van der Waals surface area contributed by atoms with Gasteiger partial charge < -0.3 is 8.98 Å². The quantitative estimate of drug-likeness (QED) is 0.176. The van der Waals surface area contributed by atoms with Crippen molar-refractivity contribution in [1.82, 2.24) is 19.5 Å². The highest BCUT2D eigenvalue weighted by Crippen LogP contribution is 2.43. The molecule has 0 amide bonds. The van der Waals surface area contributed by atoms with E-state index in [0.29, 0.717) is 17.5 Å². The summed E-state index contributed by atoms with van der Waals surface area (Å²) in [7, 11) is 0. The minimum absolute atomic E-state index is 0.586. The molecule has 57 heavy (non-hydrogen) atoms. The van der Waals surface area contributed by atoms with E-state index in [1.807, 2.05) is 53.8 Å². The van der Waals surface area contributed by atoms with Crippen LogP contribution in [0.3, 0.4) is 0 Å². The van der Waals surface area contributed by atoms with Crippen LogP contribution < -0.4 is 0 Å². The molecule has 0 aliphatic heterocycles. The number of furan rings is 1. The Morgan fingerprint density at radius 1 is 0.404 bits per heavy atom. The van der Waals surface area contributed by atoms with E-state index in [9.17, 15) is 0 Å². The minimum Gasteiger partial charge on any atom is -0.456 e. The molecule has 0 saturated heterocycles. The van der Waals surface area contributed by atoms with Gasteiger partial charge in [0.1, 0.15) is 11.2 Å². The molecule has 0 bridgehead atoms. The number of thiophene rings is 1. The molecule has 0 unspecified atom stereocenters. The summed E-state index contributed by atoms with van der Waals surface area (Å²) in [6.45, 7) is 0. The third-order valence-corrected chi connectivity index (χ3v) is 12.3. The lowest BCUT2D eigenvalue weighted by atomic mass is 9.99. The number of hydrogen-bond donors (Lipinski definition) is 0. The number of nitrogens with zero attached hydrogens (tertiary/aromatic N) is 4. The number of para-hydroxylation sites is 1. The summed E-state index contributed by atoms with van der Waals surface area (Å²) in [4.78, 5) is 15.2. The first-order valence-electron chi connectivity index (χ1n) is 19.0. The first kappa shape index (κ1) is 31.9. The molecule has 266 valence electrons. The highest BCUT2D eigenvalue weighted by atomic mass is 32.1. The lowest BCUT2D eigenvalue weighted by molar-refractivity contribution is 0.669. The molecular formula is C51H30N4OS. The molecule has 0 aliphatic carbocycles. The van der Waals surface area contributed by atoms with Gasteiger partial charge in [0.2, 0.25) is 0 Å². The molecular weight excluding hydrogens is 717 g/mol. The maximum absolute atomic E-state index is 6.48. The molecule has 0 fully saturated rings. The Bertz CT molecular complexity index is 3510. The second-order valence-electron chi connectivity index (χ2n) is 14.4. The second kappa shape index (κ2) is 12.6. The third kappa shape index (κ3) is 5.04. The summed E-state index contributed by atoms with van der Waals surface area (Å²) in [5.74, 6) is 1.81. The van der Waals surface area contributed by atoms with Crippen molar-refractivity contribution in [2.24, 2.45) is 0 Å². The Hall–Kier alpha value is -7.41. The Labute approximate surface area is 330 Å². The van der Waals surface area contributed by atoms with E-state index >= 15 is 0 Å². The molecule has 12 aromatic rings. The van der Waals surface area contributed by atoms with Gasteiger partial charge in [-0.2, -0.15) is 0 Å². The normalized spacial score (nSPS) is 11.9. The molecule has 8 aromatic carbocycles. The largest absolute Gasteiger partial charge is 0.456 e. The van der Waals surface area contributed by atoms with Gasteiger partial charge in [0.25, 0.3) is 0 Å². The predicted octanol–water partition coefficient (Wildman–Crippen LogP) is 13.9. The van der Waals surface area contributed by atoms with E-state index in [0.717, 1.165) is 55.4 Å². The molecule has 0 aliphatic rings. The van der Waals surface area contributed by atoms with Crippen molar-refractivity contribution >= 4 is 75.3 Å². The fourth-order valence-corrected chi connectivity index (χ4v) is 9.71. The van der Waals surface area contributed by atoms with Gasteiger partial charge in [-0.25, -0.2) is 15.0 Å². The van der Waals surface area contributed by atoms with Crippen LogP contribution in [0.2, 0.25) is 0 Å². The SMILES string of the molecule is c1ccc(-c2nc(-c3ccc(-n4c5ccccc5c5c6sc7ccccc7c6ccc54)cc3)nc(-c3ccc4c(c3)oc3cccc(-c5ccccc5)c34)n2)cc1. The van der Waals surface area contributed by atoms with Gasteiger partial charge in [0, 0.05) is 64.1 Å². The van der Waals surface area contributed by atoms with Gasteiger partial charge >= 0.3 is 0 Å². The fourth-order valence-electron chi connectivity index (χ4n) is 8.45. The highest BCUT2D eigenvalue weighted by molar-refractivity contribution is 7.26. The molecule has 4 aromatic heterocycles. The van der Waals surface area contributed by atoms with Gasteiger partial charge in [0.05, 0.1) is 11.0 Å². The van der Waals surface area contributed by atoms with Crippen molar-refractivity contribution in [1.29, 1.82) is 0 Å². The summed E-state index contributed by atoms with van der Waals surface area (Å²) < 4.78 is 11.5. The third-order valence-electron chi connectivity index (χ3n) is 11.1. The zero-order valence-corrected chi connectivity index (χ0v) is 31.2. The van der Waals surface area contributed by atoms with E-state index in [2.05, 4.69) is 144 Å². The topological polar surface area (TPSA) is 56.7 Å². The van der Waals surface area contributed by atoms with Crippen molar-refractivity contribution in [3.63, 3.8) is 0 Å². The van der Waals surface area contributed by atoms with Crippen molar-refractivity contribution in [3.05, 3.63) is 182 Å². The standard InChI is InChI=1S/C51H30N4OS/c1-3-12-31(13-4-1)36-18-11-20-43-46(36)40-27-24-34(30-44(40)56-43)51-53-49(32-14-5-2-6-15-32)52-50(54-51)33-22-25-35(26-23-33)55-41-19-9-7-17-39(41)47-42(55)29-28-38-37-16-8-10-21-45(37)57-48(38)47/h1-30H. The van der Waals surface area contributed by atoms with Crippen LogP contribution in [0.25, 0.3) is 115 Å². The number of aromatic nitrogens is 4. The van der Waals surface area contributed by atoms with Crippen molar-refractivity contribution in [2.75, 3.05) is 0 Å². The van der Waals surface area contributed by atoms with Crippen LogP contribution in [0.4, 0.5) is 0 Å². The lowest BCUT2D eigenvalue weighted by Crippen LogP contribution is -2.00. The zero-order chi connectivity index (χ0) is 37.5. The lowest BCUT2D eigenvalue weighted by Gasteiger charge is -2.11. The van der Waals surface area contributed by atoms with Gasteiger partial charge in [-0.3, -0.25) is 0 Å². The molecule has 12 rings (SSSR count). The van der Waals surface area contributed by atoms with Gasteiger partial charge in [0.15, 0.2) is 17.5 Å². The van der Waals surface area contributed by atoms with Crippen LogP contribution in [0.15, 0.2) is 186 Å². The molecule has 0 N–H and O–H groups in total. The van der Waals surface area contributed by atoms with E-state index in [-0.39, 0.29) is 0 Å². The Morgan fingerprint density at radius 3 is 1.82 bits per heavy atom. The van der Waals surface area contributed by atoms with Gasteiger partial charge in [-0.15, -0.1) is 11.3 Å². The molecule has 0 atom stereocenters. The van der Waals surface area contributed by atoms with E-state index < -0.39 is 0 Å². The summed E-state index contributed by atoms with van der Waals surface area (Å²) in [6, 6.07) is 63.6. The Kier molecular flexibility index (Phi) is 7.03. The smallest absolute Gasteiger partial charge is 0.164 e. The van der Waals surface area contributed by atoms with Crippen molar-refractivity contribution in [2.45, 2.75) is 0 Å². The second-order valence-corrected chi connectivity index (χ2v) is 15.4. The summed E-state index contributed by atoms with van der Waals surface area (Å²) in [5.41, 5.74) is 10.1. The Balaban J connectivity index is 0.988. The molecule has 0 spiro atoms.